The molecule has 0 bridgehead atoms. The van der Waals surface area contributed by atoms with E-state index in [2.05, 4.69) is 4.98 Å². The highest BCUT2D eigenvalue weighted by Crippen LogP contribution is 2.34. The molecular weight excluding hydrogens is 419 g/mol. The maximum Gasteiger partial charge on any atom is 0.417 e. The molecule has 0 unspecified atom stereocenters. The number of nitro groups is 1. The number of carbonyl (C=O) groups is 1. The Hall–Kier alpha value is -3.94. The normalized spacial score (nSPS) is 12.5. The van der Waals surface area contributed by atoms with E-state index in [0.29, 0.717) is 6.20 Å². The van der Waals surface area contributed by atoms with E-state index in [9.17, 15) is 38.4 Å². The summed E-state index contributed by atoms with van der Waals surface area (Å²) in [6.45, 7) is 4.55. The number of ketones is 1. The minimum Gasteiger partial charge on any atom is -0.506 e. The molecule has 1 aromatic heterocycles. The number of hydrogen-bond acceptors (Lipinski definition) is 7. The van der Waals surface area contributed by atoms with Gasteiger partial charge in [0.2, 0.25) is 5.88 Å². The average Bonchev–Trinajstić information content (AvgIpc) is 2.67. The Morgan fingerprint density at radius 3 is 2.32 bits per heavy atom. The molecule has 0 atom stereocenters. The molecule has 2 rings (SSSR count). The van der Waals surface area contributed by atoms with E-state index >= 15 is 0 Å². The van der Waals surface area contributed by atoms with E-state index in [1.165, 1.54) is 26.8 Å². The van der Waals surface area contributed by atoms with Crippen LogP contribution in [0.2, 0.25) is 0 Å². The van der Waals surface area contributed by atoms with Crippen LogP contribution in [0.5, 0.6) is 11.6 Å². The third-order valence-electron chi connectivity index (χ3n) is 3.96. The molecule has 0 aliphatic heterocycles. The summed E-state index contributed by atoms with van der Waals surface area (Å²) < 4.78 is 43.1. The maximum absolute atomic E-state index is 12.6. The van der Waals surface area contributed by atoms with Crippen LogP contribution in [0.1, 0.15) is 31.9 Å². The molecule has 1 N–H and O–H groups in total. The molecule has 0 spiro atoms. The molecule has 0 aliphatic carbocycles. The van der Waals surface area contributed by atoms with Gasteiger partial charge in [0, 0.05) is 17.7 Å². The molecule has 0 saturated heterocycles. The standard InChI is InChI=1S/C20H16F3N3O5/c1-19(2,3)18(28)14(9-24)17(27)13-6-5-12(8-15(13)26(29)30)31-16-7-4-11(10-25-16)20(21,22)23/h4-8,10,27H,1-3H3/b17-14-. The minimum absolute atomic E-state index is 0.156. The molecule has 2 aromatic rings. The molecular formula is C20H16F3N3O5. The van der Waals surface area contributed by atoms with Gasteiger partial charge in [-0.3, -0.25) is 14.9 Å². The van der Waals surface area contributed by atoms with Crippen molar-refractivity contribution in [1.29, 1.82) is 5.26 Å². The van der Waals surface area contributed by atoms with Crippen molar-refractivity contribution in [2.45, 2.75) is 26.9 Å². The summed E-state index contributed by atoms with van der Waals surface area (Å²) in [4.78, 5) is 26.5. The number of aromatic nitrogens is 1. The summed E-state index contributed by atoms with van der Waals surface area (Å²) in [7, 11) is 0. The number of alkyl halides is 3. The summed E-state index contributed by atoms with van der Waals surface area (Å²) >= 11 is 0. The second-order valence-electron chi connectivity index (χ2n) is 7.34. The Morgan fingerprint density at radius 1 is 1.23 bits per heavy atom. The second-order valence-corrected chi connectivity index (χ2v) is 7.34. The Morgan fingerprint density at radius 2 is 1.87 bits per heavy atom. The Bertz CT molecular complexity index is 1100. The molecule has 162 valence electrons. The lowest BCUT2D eigenvalue weighted by molar-refractivity contribution is -0.385. The van der Waals surface area contributed by atoms with Crippen LogP contribution in [-0.2, 0) is 11.0 Å². The first-order valence-corrected chi connectivity index (χ1v) is 8.63. The van der Waals surface area contributed by atoms with Gasteiger partial charge in [0.15, 0.2) is 11.5 Å². The zero-order valence-electron chi connectivity index (χ0n) is 16.5. The lowest BCUT2D eigenvalue weighted by Crippen LogP contribution is -2.22. The van der Waals surface area contributed by atoms with Crippen molar-refractivity contribution < 1.29 is 32.7 Å². The van der Waals surface area contributed by atoms with Crippen LogP contribution < -0.4 is 4.74 Å². The summed E-state index contributed by atoms with van der Waals surface area (Å²) in [6, 6.07) is 6.36. The number of nitrogens with zero attached hydrogens (tertiary/aromatic N) is 3. The predicted octanol–water partition coefficient (Wildman–Crippen LogP) is 5.21. The summed E-state index contributed by atoms with van der Waals surface area (Å²) in [5.41, 5.74) is -3.74. The molecule has 1 aromatic carbocycles. The van der Waals surface area contributed by atoms with Crippen molar-refractivity contribution in [2.75, 3.05) is 0 Å². The number of benzene rings is 1. The highest BCUT2D eigenvalue weighted by molar-refractivity contribution is 6.08. The van der Waals surface area contributed by atoms with Crippen LogP contribution >= 0.6 is 0 Å². The Kier molecular flexibility index (Phi) is 6.35. The topological polar surface area (TPSA) is 126 Å². The van der Waals surface area contributed by atoms with Gasteiger partial charge in [0.25, 0.3) is 5.69 Å². The highest BCUT2D eigenvalue weighted by Gasteiger charge is 2.32. The lowest BCUT2D eigenvalue weighted by Gasteiger charge is -2.16. The number of hydrogen-bond donors (Lipinski definition) is 1. The van der Waals surface area contributed by atoms with E-state index in [1.807, 2.05) is 0 Å². The van der Waals surface area contributed by atoms with E-state index in [-0.39, 0.29) is 11.6 Å². The average molecular weight is 435 g/mol. The number of rotatable bonds is 5. The number of nitro benzene ring substituents is 1. The van der Waals surface area contributed by atoms with Crippen LogP contribution in [0.3, 0.4) is 0 Å². The number of ether oxygens (including phenoxy) is 1. The minimum atomic E-state index is -4.58. The molecule has 0 saturated carbocycles. The zero-order valence-corrected chi connectivity index (χ0v) is 16.5. The molecule has 0 radical (unpaired) electrons. The van der Waals surface area contributed by atoms with E-state index in [1.54, 1.807) is 6.07 Å². The van der Waals surface area contributed by atoms with Crippen LogP contribution in [0.25, 0.3) is 5.76 Å². The first-order valence-electron chi connectivity index (χ1n) is 8.63. The second kappa shape index (κ2) is 8.43. The van der Waals surface area contributed by atoms with Crippen molar-refractivity contribution in [3.63, 3.8) is 0 Å². The van der Waals surface area contributed by atoms with Crippen molar-refractivity contribution in [3.05, 3.63) is 63.3 Å². The zero-order chi connectivity index (χ0) is 23.6. The molecule has 0 fully saturated rings. The van der Waals surface area contributed by atoms with Gasteiger partial charge >= 0.3 is 6.18 Å². The van der Waals surface area contributed by atoms with Gasteiger partial charge in [-0.2, -0.15) is 18.4 Å². The quantitative estimate of drug-likeness (QED) is 0.225. The number of pyridine rings is 1. The fourth-order valence-electron chi connectivity index (χ4n) is 2.38. The van der Waals surface area contributed by atoms with Gasteiger partial charge in [-0.15, -0.1) is 0 Å². The van der Waals surface area contributed by atoms with E-state index in [0.717, 1.165) is 24.3 Å². The molecule has 31 heavy (non-hydrogen) atoms. The summed E-state index contributed by atoms with van der Waals surface area (Å²) in [6.07, 6.45) is -4.04. The van der Waals surface area contributed by atoms with Crippen LogP contribution in [0, 0.1) is 26.9 Å². The van der Waals surface area contributed by atoms with Gasteiger partial charge in [-0.05, 0) is 18.2 Å². The van der Waals surface area contributed by atoms with Gasteiger partial charge in [0.05, 0.1) is 22.1 Å². The van der Waals surface area contributed by atoms with E-state index < -0.39 is 50.4 Å². The number of aliphatic hydroxyl groups is 1. The Labute approximate surface area is 174 Å². The number of carbonyl (C=O) groups excluding carboxylic acids is 1. The molecule has 11 heteroatoms. The van der Waals surface area contributed by atoms with Gasteiger partial charge < -0.3 is 9.84 Å². The first kappa shape index (κ1) is 23.3. The number of halogens is 3. The van der Waals surface area contributed by atoms with Crippen LogP contribution in [0.15, 0.2) is 42.1 Å². The summed E-state index contributed by atoms with van der Waals surface area (Å²) in [5.74, 6) is -1.99. The molecule has 1 heterocycles. The van der Waals surface area contributed by atoms with E-state index in [4.69, 9.17) is 4.74 Å². The van der Waals surface area contributed by atoms with Gasteiger partial charge in [-0.25, -0.2) is 4.98 Å². The fourth-order valence-corrected chi connectivity index (χ4v) is 2.38. The van der Waals surface area contributed by atoms with Gasteiger partial charge in [0.1, 0.15) is 17.4 Å². The predicted molar refractivity (Wildman–Crippen MR) is 102 cm³/mol. The third-order valence-corrected chi connectivity index (χ3v) is 3.96. The number of allylic oxidation sites excluding steroid dienone is 1. The fraction of sp³-hybridized carbons (Fsp3) is 0.250. The van der Waals surface area contributed by atoms with Gasteiger partial charge in [-0.1, -0.05) is 20.8 Å². The van der Waals surface area contributed by atoms with Crippen molar-refractivity contribution in [3.8, 4) is 17.7 Å². The number of Topliss-reactive ketones (excluding diaryl/α,β-unsaturated/α-hetero) is 1. The summed E-state index contributed by atoms with van der Waals surface area (Å²) in [5, 5.41) is 31.2. The molecule has 0 aliphatic rings. The largest absolute Gasteiger partial charge is 0.506 e. The monoisotopic (exact) mass is 435 g/mol. The Balaban J connectivity index is 2.46. The maximum atomic E-state index is 12.6. The number of aliphatic hydroxyl groups excluding tert-OH is 1. The SMILES string of the molecule is CC(C)(C)C(=O)/C(C#N)=C(\O)c1ccc(Oc2ccc(C(F)(F)F)cn2)cc1[N+](=O)[O-]. The smallest absolute Gasteiger partial charge is 0.417 e. The highest BCUT2D eigenvalue weighted by atomic mass is 19.4. The molecule has 8 nitrogen and oxygen atoms in total. The van der Waals surface area contributed by atoms with Crippen LogP contribution in [-0.4, -0.2) is 20.8 Å². The molecule has 0 amide bonds. The van der Waals surface area contributed by atoms with Crippen molar-refractivity contribution in [1.82, 2.24) is 4.98 Å². The number of nitriles is 1. The lowest BCUT2D eigenvalue weighted by atomic mass is 9.85. The third kappa shape index (κ3) is 5.36. The van der Waals surface area contributed by atoms with Crippen molar-refractivity contribution >= 4 is 17.2 Å². The first-order chi connectivity index (χ1) is 14.3. The van der Waals surface area contributed by atoms with Crippen molar-refractivity contribution in [2.24, 2.45) is 5.41 Å². The van der Waals surface area contributed by atoms with Crippen LogP contribution in [0.4, 0.5) is 18.9 Å².